The average Bonchev–Trinajstić information content (AvgIpc) is 3.12. The SMILES string of the molecule is CCS(=O)(=O)N1CCC(c2nc([C@H]3CC(=O)N(CCOC)C3)cc(N(C)C)n2)CC1. The fraction of sp³-hybridized carbons (Fsp3) is 0.750. The fourth-order valence-electron chi connectivity index (χ4n) is 4.05. The molecular weight excluding hydrogens is 406 g/mol. The Bertz CT molecular complexity index is 853. The predicted molar refractivity (Wildman–Crippen MR) is 115 cm³/mol. The molecule has 0 N–H and O–H groups in total. The summed E-state index contributed by atoms with van der Waals surface area (Å²) in [5.41, 5.74) is 0.889. The molecular formula is C20H33N5O4S. The average molecular weight is 440 g/mol. The molecule has 9 nitrogen and oxygen atoms in total. The fourth-order valence-corrected chi connectivity index (χ4v) is 5.19. The maximum Gasteiger partial charge on any atom is 0.223 e. The highest BCUT2D eigenvalue weighted by molar-refractivity contribution is 7.89. The Morgan fingerprint density at radius 3 is 2.50 bits per heavy atom. The van der Waals surface area contributed by atoms with E-state index in [1.54, 1.807) is 18.3 Å². The number of amides is 1. The normalized spacial score (nSPS) is 21.4. The number of aromatic nitrogens is 2. The third-order valence-electron chi connectivity index (χ3n) is 5.98. The Hall–Kier alpha value is -1.78. The van der Waals surface area contributed by atoms with Gasteiger partial charge in [-0.15, -0.1) is 0 Å². The van der Waals surface area contributed by atoms with Gasteiger partial charge in [0.25, 0.3) is 0 Å². The first-order valence-corrected chi connectivity index (χ1v) is 12.2. The Morgan fingerprint density at radius 2 is 1.90 bits per heavy atom. The largest absolute Gasteiger partial charge is 0.383 e. The molecule has 2 aliphatic rings. The van der Waals surface area contributed by atoms with Crippen LogP contribution >= 0.6 is 0 Å². The lowest BCUT2D eigenvalue weighted by atomic mass is 9.96. The molecule has 2 aliphatic heterocycles. The smallest absolute Gasteiger partial charge is 0.223 e. The van der Waals surface area contributed by atoms with Crippen LogP contribution < -0.4 is 4.90 Å². The monoisotopic (exact) mass is 439 g/mol. The lowest BCUT2D eigenvalue weighted by molar-refractivity contribution is -0.128. The van der Waals surface area contributed by atoms with Crippen molar-refractivity contribution >= 4 is 21.7 Å². The molecule has 3 rings (SSSR count). The van der Waals surface area contributed by atoms with E-state index in [-0.39, 0.29) is 23.5 Å². The van der Waals surface area contributed by atoms with Gasteiger partial charge in [-0.05, 0) is 19.8 Å². The second-order valence-corrected chi connectivity index (χ2v) is 10.5. The van der Waals surface area contributed by atoms with Crippen LogP contribution in [0.1, 0.15) is 49.5 Å². The zero-order chi connectivity index (χ0) is 21.9. The van der Waals surface area contributed by atoms with Gasteiger partial charge in [-0.2, -0.15) is 0 Å². The van der Waals surface area contributed by atoms with Crippen molar-refractivity contribution in [2.24, 2.45) is 0 Å². The summed E-state index contributed by atoms with van der Waals surface area (Å²) in [6, 6.07) is 1.97. The highest BCUT2D eigenvalue weighted by Gasteiger charge is 2.33. The maximum atomic E-state index is 12.4. The van der Waals surface area contributed by atoms with Crippen molar-refractivity contribution in [3.8, 4) is 0 Å². The van der Waals surface area contributed by atoms with Crippen molar-refractivity contribution in [2.45, 2.75) is 38.0 Å². The summed E-state index contributed by atoms with van der Waals surface area (Å²) >= 11 is 0. The quantitative estimate of drug-likeness (QED) is 0.597. The molecule has 0 spiro atoms. The van der Waals surface area contributed by atoms with Gasteiger partial charge < -0.3 is 14.5 Å². The molecule has 0 saturated carbocycles. The van der Waals surface area contributed by atoms with Crippen LogP contribution in [0, 0.1) is 0 Å². The van der Waals surface area contributed by atoms with Crippen LogP contribution in [0.4, 0.5) is 5.82 Å². The number of carbonyl (C=O) groups excluding carboxylic acids is 1. The number of methoxy groups -OCH3 is 1. The van der Waals surface area contributed by atoms with Crippen LogP contribution in [0.25, 0.3) is 0 Å². The minimum Gasteiger partial charge on any atom is -0.383 e. The second kappa shape index (κ2) is 9.57. The van der Waals surface area contributed by atoms with Crippen molar-refractivity contribution in [2.75, 3.05) is 64.6 Å². The van der Waals surface area contributed by atoms with E-state index in [0.717, 1.165) is 17.3 Å². The van der Waals surface area contributed by atoms with Crippen LogP contribution in [0.5, 0.6) is 0 Å². The summed E-state index contributed by atoms with van der Waals surface area (Å²) in [5, 5.41) is 0. The van der Waals surface area contributed by atoms with Crippen LogP contribution in [-0.4, -0.2) is 93.2 Å². The summed E-state index contributed by atoms with van der Waals surface area (Å²) < 4.78 is 31.0. The molecule has 1 aromatic heterocycles. The van der Waals surface area contributed by atoms with Gasteiger partial charge in [0.2, 0.25) is 15.9 Å². The van der Waals surface area contributed by atoms with Crippen LogP contribution in [0.2, 0.25) is 0 Å². The number of nitrogens with zero attached hydrogens (tertiary/aromatic N) is 5. The number of carbonyl (C=O) groups is 1. The summed E-state index contributed by atoms with van der Waals surface area (Å²) in [4.78, 5) is 25.8. The molecule has 0 bridgehead atoms. The molecule has 0 aromatic carbocycles. The third kappa shape index (κ3) is 5.09. The first-order chi connectivity index (χ1) is 14.2. The summed E-state index contributed by atoms with van der Waals surface area (Å²) in [6.45, 7) is 4.43. The molecule has 168 valence electrons. The van der Waals surface area contributed by atoms with E-state index < -0.39 is 10.0 Å². The molecule has 1 aromatic rings. The molecule has 0 radical (unpaired) electrons. The van der Waals surface area contributed by atoms with Gasteiger partial charge in [-0.1, -0.05) is 0 Å². The lowest BCUT2D eigenvalue weighted by Crippen LogP contribution is -2.39. The predicted octanol–water partition coefficient (Wildman–Crippen LogP) is 1.03. The molecule has 1 atom stereocenters. The highest BCUT2D eigenvalue weighted by atomic mass is 32.2. The van der Waals surface area contributed by atoms with Gasteiger partial charge in [0.05, 0.1) is 18.1 Å². The molecule has 30 heavy (non-hydrogen) atoms. The van der Waals surface area contributed by atoms with Gasteiger partial charge in [0.1, 0.15) is 11.6 Å². The summed E-state index contributed by atoms with van der Waals surface area (Å²) in [5.74, 6) is 1.99. The van der Waals surface area contributed by atoms with Crippen LogP contribution in [0.3, 0.4) is 0 Å². The van der Waals surface area contributed by atoms with E-state index in [1.165, 1.54) is 0 Å². The summed E-state index contributed by atoms with van der Waals surface area (Å²) in [6.07, 6.45) is 1.86. The van der Waals surface area contributed by atoms with E-state index in [4.69, 9.17) is 14.7 Å². The minimum atomic E-state index is -3.16. The van der Waals surface area contributed by atoms with Gasteiger partial charge in [0, 0.05) is 71.7 Å². The van der Waals surface area contributed by atoms with Crippen molar-refractivity contribution in [1.29, 1.82) is 0 Å². The first-order valence-electron chi connectivity index (χ1n) is 10.6. The van der Waals surface area contributed by atoms with Gasteiger partial charge in [-0.3, -0.25) is 4.79 Å². The first kappa shape index (κ1) is 22.9. The van der Waals surface area contributed by atoms with Crippen molar-refractivity contribution < 1.29 is 17.9 Å². The van der Waals surface area contributed by atoms with Crippen LogP contribution in [0.15, 0.2) is 6.07 Å². The minimum absolute atomic E-state index is 0.0374. The number of hydrogen-bond donors (Lipinski definition) is 0. The Labute approximate surface area is 179 Å². The third-order valence-corrected chi connectivity index (χ3v) is 7.86. The number of sulfonamides is 1. The second-order valence-electron chi connectivity index (χ2n) is 8.21. The van der Waals surface area contributed by atoms with E-state index in [2.05, 4.69) is 0 Å². The number of ether oxygens (including phenoxy) is 1. The number of likely N-dealkylation sites (tertiary alicyclic amines) is 1. The number of anilines is 1. The highest BCUT2D eigenvalue weighted by Crippen LogP contribution is 2.32. The van der Waals surface area contributed by atoms with Crippen molar-refractivity contribution in [1.82, 2.24) is 19.2 Å². The topological polar surface area (TPSA) is 95.9 Å². The molecule has 0 aliphatic carbocycles. The van der Waals surface area contributed by atoms with E-state index in [0.29, 0.717) is 52.0 Å². The Balaban J connectivity index is 1.78. The number of hydrogen-bond acceptors (Lipinski definition) is 7. The zero-order valence-corrected chi connectivity index (χ0v) is 19.2. The Morgan fingerprint density at radius 1 is 1.20 bits per heavy atom. The molecule has 2 fully saturated rings. The van der Waals surface area contributed by atoms with Gasteiger partial charge >= 0.3 is 0 Å². The van der Waals surface area contributed by atoms with E-state index in [9.17, 15) is 13.2 Å². The molecule has 0 unspecified atom stereocenters. The maximum absolute atomic E-state index is 12.4. The van der Waals surface area contributed by atoms with Gasteiger partial charge in [-0.25, -0.2) is 22.7 Å². The Kier molecular flexibility index (Phi) is 7.30. The molecule has 1 amide bonds. The van der Waals surface area contributed by atoms with Crippen LogP contribution in [-0.2, 0) is 19.6 Å². The van der Waals surface area contributed by atoms with Crippen molar-refractivity contribution in [3.63, 3.8) is 0 Å². The zero-order valence-electron chi connectivity index (χ0n) is 18.4. The summed E-state index contributed by atoms with van der Waals surface area (Å²) in [7, 11) is 2.36. The van der Waals surface area contributed by atoms with Crippen molar-refractivity contribution in [3.05, 3.63) is 17.6 Å². The number of rotatable bonds is 8. The van der Waals surface area contributed by atoms with E-state index >= 15 is 0 Å². The standard InChI is InChI=1S/C20H33N5O4S/c1-5-30(27,28)25-8-6-15(7-9-25)20-21-17(13-18(22-20)23(2)3)16-12-19(26)24(14-16)10-11-29-4/h13,15-16H,5-12,14H2,1-4H3/t16-/m0/s1. The molecule has 2 saturated heterocycles. The molecule has 10 heteroatoms. The van der Waals surface area contributed by atoms with Gasteiger partial charge in [0.15, 0.2) is 0 Å². The molecule has 3 heterocycles. The lowest BCUT2D eigenvalue weighted by Gasteiger charge is -2.30. The number of piperidine rings is 1. The van der Waals surface area contributed by atoms with E-state index in [1.807, 2.05) is 30.0 Å².